The van der Waals surface area contributed by atoms with Crippen LogP contribution in [-0.4, -0.2) is 24.7 Å². The molecule has 0 aliphatic heterocycles. The topological polar surface area (TPSA) is 64.6 Å². The summed E-state index contributed by atoms with van der Waals surface area (Å²) in [4.78, 5) is 22.1. The van der Waals surface area contributed by atoms with Gasteiger partial charge in [-0.2, -0.15) is 0 Å². The Morgan fingerprint density at radius 1 is 1.40 bits per heavy atom. The number of esters is 1. The standard InChI is InChI=1S/C10H17NO4/c1-5-7(3)11-10(13)15-8(4)9(12)14-6-2/h7H,4-6H2,1-3H3,(H,11,13). The largest absolute Gasteiger partial charge is 0.460 e. The molecule has 0 bridgehead atoms. The lowest BCUT2D eigenvalue weighted by molar-refractivity contribution is -0.141. The van der Waals surface area contributed by atoms with Crippen LogP contribution >= 0.6 is 0 Å². The van der Waals surface area contributed by atoms with Crippen molar-refractivity contribution in [1.82, 2.24) is 5.32 Å². The van der Waals surface area contributed by atoms with E-state index in [1.54, 1.807) is 6.92 Å². The van der Waals surface area contributed by atoms with Crippen LogP contribution in [0.15, 0.2) is 12.3 Å². The Morgan fingerprint density at radius 3 is 2.47 bits per heavy atom. The lowest BCUT2D eigenvalue weighted by Gasteiger charge is -2.11. The highest BCUT2D eigenvalue weighted by Crippen LogP contribution is 1.99. The molecule has 0 aliphatic carbocycles. The second kappa shape index (κ2) is 6.86. The molecular formula is C10H17NO4. The maximum absolute atomic E-state index is 11.1. The van der Waals surface area contributed by atoms with Gasteiger partial charge < -0.3 is 14.8 Å². The van der Waals surface area contributed by atoms with Crippen LogP contribution in [0.4, 0.5) is 4.79 Å². The van der Waals surface area contributed by atoms with Crippen molar-refractivity contribution >= 4 is 12.1 Å². The number of rotatable bonds is 5. The lowest BCUT2D eigenvalue weighted by Crippen LogP contribution is -2.33. The van der Waals surface area contributed by atoms with E-state index in [1.165, 1.54) is 0 Å². The van der Waals surface area contributed by atoms with E-state index < -0.39 is 12.1 Å². The third kappa shape index (κ3) is 5.72. The summed E-state index contributed by atoms with van der Waals surface area (Å²) in [6, 6.07) is -0.00695. The molecule has 1 amide bonds. The van der Waals surface area contributed by atoms with Crippen LogP contribution in [0.2, 0.25) is 0 Å². The minimum absolute atomic E-state index is 0.00695. The predicted molar refractivity (Wildman–Crippen MR) is 55.1 cm³/mol. The zero-order valence-electron chi connectivity index (χ0n) is 9.33. The second-order valence-electron chi connectivity index (χ2n) is 2.99. The molecule has 1 N–H and O–H groups in total. The van der Waals surface area contributed by atoms with Crippen molar-refractivity contribution in [2.45, 2.75) is 33.2 Å². The number of hydrogen-bond acceptors (Lipinski definition) is 4. The molecule has 0 radical (unpaired) electrons. The second-order valence-corrected chi connectivity index (χ2v) is 2.99. The highest BCUT2D eigenvalue weighted by Gasteiger charge is 2.14. The van der Waals surface area contributed by atoms with Gasteiger partial charge in [0.2, 0.25) is 5.76 Å². The van der Waals surface area contributed by atoms with Gasteiger partial charge in [-0.25, -0.2) is 9.59 Å². The Labute approximate surface area is 89.4 Å². The number of alkyl carbamates (subject to hydrolysis) is 1. The number of ether oxygens (including phenoxy) is 2. The summed E-state index contributed by atoms with van der Waals surface area (Å²) in [5, 5.41) is 2.53. The van der Waals surface area contributed by atoms with Gasteiger partial charge >= 0.3 is 12.1 Å². The highest BCUT2D eigenvalue weighted by atomic mass is 16.6. The average Bonchev–Trinajstić information content (AvgIpc) is 2.17. The van der Waals surface area contributed by atoms with E-state index >= 15 is 0 Å². The lowest BCUT2D eigenvalue weighted by atomic mass is 10.3. The van der Waals surface area contributed by atoms with Crippen LogP contribution in [0, 0.1) is 0 Å². The fraction of sp³-hybridized carbons (Fsp3) is 0.600. The molecule has 5 nitrogen and oxygen atoms in total. The van der Waals surface area contributed by atoms with Crippen LogP contribution in [0.5, 0.6) is 0 Å². The Kier molecular flexibility index (Phi) is 6.17. The van der Waals surface area contributed by atoms with E-state index in [1.807, 2.05) is 13.8 Å². The molecule has 86 valence electrons. The molecule has 0 fully saturated rings. The number of nitrogens with one attached hydrogen (secondary N) is 1. The summed E-state index contributed by atoms with van der Waals surface area (Å²) >= 11 is 0. The maximum Gasteiger partial charge on any atom is 0.413 e. The Bertz CT molecular complexity index is 250. The molecule has 0 rings (SSSR count). The van der Waals surface area contributed by atoms with Gasteiger partial charge in [-0.3, -0.25) is 0 Å². The van der Waals surface area contributed by atoms with Crippen molar-refractivity contribution in [3.8, 4) is 0 Å². The molecular weight excluding hydrogens is 198 g/mol. The van der Waals surface area contributed by atoms with Crippen molar-refractivity contribution in [2.24, 2.45) is 0 Å². The quantitative estimate of drug-likeness (QED) is 0.429. The summed E-state index contributed by atoms with van der Waals surface area (Å²) in [5.41, 5.74) is 0. The Balaban J connectivity index is 3.96. The minimum atomic E-state index is -0.725. The summed E-state index contributed by atoms with van der Waals surface area (Å²) in [6.45, 7) is 8.91. The zero-order chi connectivity index (χ0) is 11.8. The molecule has 1 unspecified atom stereocenters. The van der Waals surface area contributed by atoms with Crippen LogP contribution < -0.4 is 5.32 Å². The molecule has 0 aromatic heterocycles. The molecule has 1 atom stereocenters. The summed E-state index contributed by atoms with van der Waals surface area (Å²) in [7, 11) is 0. The molecule has 0 heterocycles. The number of carbonyl (C=O) groups is 2. The third-order valence-electron chi connectivity index (χ3n) is 1.70. The zero-order valence-corrected chi connectivity index (χ0v) is 9.33. The van der Waals surface area contributed by atoms with E-state index in [2.05, 4.69) is 21.4 Å². The van der Waals surface area contributed by atoms with Gasteiger partial charge in [0, 0.05) is 6.04 Å². The SMILES string of the molecule is C=C(OC(=O)NC(C)CC)C(=O)OCC. The molecule has 0 aliphatic rings. The first-order chi connectivity index (χ1) is 7.01. The number of amides is 1. The fourth-order valence-corrected chi connectivity index (χ4v) is 0.698. The van der Waals surface area contributed by atoms with Gasteiger partial charge in [0.05, 0.1) is 6.61 Å². The normalized spacial score (nSPS) is 11.4. The Morgan fingerprint density at radius 2 is 2.00 bits per heavy atom. The van der Waals surface area contributed by atoms with Gasteiger partial charge in [-0.1, -0.05) is 6.92 Å². The highest BCUT2D eigenvalue weighted by molar-refractivity contribution is 5.88. The van der Waals surface area contributed by atoms with Crippen molar-refractivity contribution < 1.29 is 19.1 Å². The first-order valence-corrected chi connectivity index (χ1v) is 4.85. The van der Waals surface area contributed by atoms with E-state index in [4.69, 9.17) is 0 Å². The van der Waals surface area contributed by atoms with Gasteiger partial charge in [0.25, 0.3) is 0 Å². The maximum atomic E-state index is 11.1. The molecule has 0 aromatic carbocycles. The van der Waals surface area contributed by atoms with Gasteiger partial charge in [0.1, 0.15) is 0 Å². The van der Waals surface area contributed by atoms with E-state index in [0.717, 1.165) is 6.42 Å². The molecule has 0 saturated heterocycles. The van der Waals surface area contributed by atoms with Gasteiger partial charge in [-0.05, 0) is 26.8 Å². The van der Waals surface area contributed by atoms with Crippen molar-refractivity contribution in [1.29, 1.82) is 0 Å². The number of hydrogen-bond donors (Lipinski definition) is 1. The summed E-state index contributed by atoms with van der Waals surface area (Å²) < 4.78 is 9.21. The molecule has 5 heteroatoms. The molecule has 0 spiro atoms. The summed E-state index contributed by atoms with van der Waals surface area (Å²) in [6.07, 6.45) is 0.0865. The van der Waals surface area contributed by atoms with E-state index in [-0.39, 0.29) is 18.4 Å². The van der Waals surface area contributed by atoms with Gasteiger partial charge in [-0.15, -0.1) is 0 Å². The average molecular weight is 215 g/mol. The number of carbonyl (C=O) groups excluding carboxylic acids is 2. The van der Waals surface area contributed by atoms with Gasteiger partial charge in [0.15, 0.2) is 0 Å². The monoisotopic (exact) mass is 215 g/mol. The smallest absolute Gasteiger partial charge is 0.413 e. The summed E-state index contributed by atoms with van der Waals surface area (Å²) in [5.74, 6) is -1.03. The third-order valence-corrected chi connectivity index (χ3v) is 1.70. The first-order valence-electron chi connectivity index (χ1n) is 4.85. The van der Waals surface area contributed by atoms with E-state index in [0.29, 0.717) is 0 Å². The van der Waals surface area contributed by atoms with Crippen molar-refractivity contribution in [2.75, 3.05) is 6.61 Å². The van der Waals surface area contributed by atoms with Crippen LogP contribution in [0.1, 0.15) is 27.2 Å². The molecule has 0 aromatic rings. The van der Waals surface area contributed by atoms with Crippen molar-refractivity contribution in [3.63, 3.8) is 0 Å². The fourth-order valence-electron chi connectivity index (χ4n) is 0.698. The van der Waals surface area contributed by atoms with Crippen LogP contribution in [0.25, 0.3) is 0 Å². The van der Waals surface area contributed by atoms with Crippen LogP contribution in [-0.2, 0) is 14.3 Å². The van der Waals surface area contributed by atoms with E-state index in [9.17, 15) is 9.59 Å². The molecule has 0 saturated carbocycles. The first kappa shape index (κ1) is 13.5. The predicted octanol–water partition coefficient (Wildman–Crippen LogP) is 1.59. The van der Waals surface area contributed by atoms with Crippen LogP contribution in [0.3, 0.4) is 0 Å². The Hall–Kier alpha value is -1.52. The molecule has 15 heavy (non-hydrogen) atoms. The van der Waals surface area contributed by atoms with Crippen molar-refractivity contribution in [3.05, 3.63) is 12.3 Å². The minimum Gasteiger partial charge on any atom is -0.460 e.